The van der Waals surface area contributed by atoms with Crippen molar-refractivity contribution in [2.75, 3.05) is 32.5 Å². The summed E-state index contributed by atoms with van der Waals surface area (Å²) in [6, 6.07) is 8.30. The van der Waals surface area contributed by atoms with Gasteiger partial charge in [-0.1, -0.05) is 11.6 Å². The topological polar surface area (TPSA) is 198 Å². The number of carbonyl (C=O) groups excluding carboxylic acids is 2. The molecule has 0 saturated carbocycles. The number of anilines is 1. The van der Waals surface area contributed by atoms with E-state index in [0.717, 1.165) is 25.9 Å². The van der Waals surface area contributed by atoms with E-state index in [0.29, 0.717) is 41.7 Å². The second-order valence-corrected chi connectivity index (χ2v) is 9.49. The molecule has 0 unspecified atom stereocenters. The molecular weight excluding hydrogens is 562 g/mol. The number of furan rings is 1. The average molecular weight is 594 g/mol. The Hall–Kier alpha value is -5.25. The summed E-state index contributed by atoms with van der Waals surface area (Å²) in [5.41, 5.74) is 9.60. The maximum absolute atomic E-state index is 13.3. The second-order valence-electron chi connectivity index (χ2n) is 9.49. The van der Waals surface area contributed by atoms with Crippen LogP contribution in [0.5, 0.6) is 11.5 Å². The average Bonchev–Trinajstić information content (AvgIpc) is 3.77. The highest BCUT2D eigenvalue weighted by molar-refractivity contribution is 5.95. The number of ether oxygens (including phenoxy) is 3. The molecule has 1 aromatic carbocycles. The fraction of sp³-hybridized carbons (Fsp3) is 0.370. The molecule has 5 rings (SSSR count). The fourth-order valence-corrected chi connectivity index (χ4v) is 4.49. The molecule has 226 valence electrons. The predicted molar refractivity (Wildman–Crippen MR) is 150 cm³/mol. The van der Waals surface area contributed by atoms with Crippen LogP contribution in [-0.2, 0) is 17.9 Å². The maximum Gasteiger partial charge on any atom is 0.373 e. The minimum absolute atomic E-state index is 0.0336. The van der Waals surface area contributed by atoms with Gasteiger partial charge in [0.1, 0.15) is 18.1 Å². The van der Waals surface area contributed by atoms with Crippen molar-refractivity contribution in [3.63, 3.8) is 0 Å². The minimum Gasteiger partial charge on any atom is -0.490 e. The van der Waals surface area contributed by atoms with E-state index >= 15 is 0 Å². The van der Waals surface area contributed by atoms with Gasteiger partial charge in [-0.05, 0) is 79.1 Å². The van der Waals surface area contributed by atoms with Crippen LogP contribution in [-0.4, -0.2) is 75.1 Å². The Morgan fingerprint density at radius 2 is 1.95 bits per heavy atom. The molecule has 0 spiro atoms. The van der Waals surface area contributed by atoms with Crippen LogP contribution >= 0.6 is 0 Å². The van der Waals surface area contributed by atoms with Gasteiger partial charge >= 0.3 is 5.97 Å². The van der Waals surface area contributed by atoms with E-state index in [4.69, 9.17) is 24.3 Å². The zero-order valence-electron chi connectivity index (χ0n) is 23.7. The van der Waals surface area contributed by atoms with E-state index in [2.05, 4.69) is 40.8 Å². The summed E-state index contributed by atoms with van der Waals surface area (Å²) in [6.45, 7) is 4.52. The van der Waals surface area contributed by atoms with Gasteiger partial charge in [0.25, 0.3) is 5.91 Å². The van der Waals surface area contributed by atoms with E-state index < -0.39 is 11.9 Å². The number of piperidine rings is 1. The monoisotopic (exact) mass is 593 g/mol. The van der Waals surface area contributed by atoms with Crippen molar-refractivity contribution in [2.45, 2.75) is 39.3 Å². The lowest BCUT2D eigenvalue weighted by molar-refractivity contribution is 0.0560. The SMILES string of the molecule is CCOc1cc(/C=N\NC(=O)c2c(CN3CCCCC3)nnn2-c2nonc2N)ccc1OCc1ccc(C(=O)OC)o1. The molecule has 3 aromatic heterocycles. The fourth-order valence-electron chi connectivity index (χ4n) is 4.49. The van der Waals surface area contributed by atoms with Crippen LogP contribution in [0.2, 0.25) is 0 Å². The Bertz CT molecular complexity index is 1590. The van der Waals surface area contributed by atoms with E-state index in [9.17, 15) is 9.59 Å². The lowest BCUT2D eigenvalue weighted by Gasteiger charge is -2.25. The summed E-state index contributed by atoms with van der Waals surface area (Å²) in [4.78, 5) is 27.2. The molecule has 1 amide bonds. The van der Waals surface area contributed by atoms with Gasteiger partial charge in [-0.2, -0.15) is 9.78 Å². The lowest BCUT2D eigenvalue weighted by atomic mass is 10.1. The molecule has 0 aliphatic carbocycles. The highest BCUT2D eigenvalue weighted by Gasteiger charge is 2.26. The molecule has 4 aromatic rings. The van der Waals surface area contributed by atoms with Crippen molar-refractivity contribution < 1.29 is 32.8 Å². The van der Waals surface area contributed by atoms with Crippen molar-refractivity contribution in [3.05, 3.63) is 58.8 Å². The third-order valence-electron chi connectivity index (χ3n) is 6.54. The zero-order chi connectivity index (χ0) is 30.2. The number of nitrogen functional groups attached to an aromatic ring is 1. The Morgan fingerprint density at radius 1 is 1.12 bits per heavy atom. The molecule has 1 fully saturated rings. The molecule has 0 atom stereocenters. The van der Waals surface area contributed by atoms with Crippen LogP contribution in [0.4, 0.5) is 5.82 Å². The second kappa shape index (κ2) is 13.6. The number of hydrogen-bond acceptors (Lipinski definition) is 14. The number of aromatic nitrogens is 5. The summed E-state index contributed by atoms with van der Waals surface area (Å²) < 4.78 is 27.6. The first kappa shape index (κ1) is 29.2. The largest absolute Gasteiger partial charge is 0.490 e. The summed E-state index contributed by atoms with van der Waals surface area (Å²) in [7, 11) is 1.28. The zero-order valence-corrected chi connectivity index (χ0v) is 23.7. The summed E-state index contributed by atoms with van der Waals surface area (Å²) >= 11 is 0. The van der Waals surface area contributed by atoms with Crippen molar-refractivity contribution in [3.8, 4) is 17.3 Å². The summed E-state index contributed by atoms with van der Waals surface area (Å²) in [6.07, 6.45) is 4.79. The van der Waals surface area contributed by atoms with E-state index in [1.165, 1.54) is 30.5 Å². The molecule has 4 heterocycles. The molecule has 1 saturated heterocycles. The van der Waals surface area contributed by atoms with Gasteiger partial charge in [0.15, 0.2) is 17.2 Å². The highest BCUT2D eigenvalue weighted by Crippen LogP contribution is 2.29. The maximum atomic E-state index is 13.3. The summed E-state index contributed by atoms with van der Waals surface area (Å²) in [5, 5.41) is 19.8. The molecule has 0 radical (unpaired) electrons. The van der Waals surface area contributed by atoms with Gasteiger partial charge in [-0.15, -0.1) is 5.10 Å². The minimum atomic E-state index is -0.574. The molecule has 3 N–H and O–H groups in total. The Morgan fingerprint density at radius 3 is 2.70 bits per heavy atom. The van der Waals surface area contributed by atoms with Gasteiger partial charge < -0.3 is 24.4 Å². The molecular formula is C27H31N9O7. The Kier molecular flexibility index (Phi) is 9.26. The lowest BCUT2D eigenvalue weighted by Crippen LogP contribution is -2.31. The van der Waals surface area contributed by atoms with Crippen molar-refractivity contribution in [2.24, 2.45) is 5.10 Å². The van der Waals surface area contributed by atoms with Crippen LogP contribution in [0.15, 0.2) is 44.5 Å². The molecule has 1 aliphatic rings. The van der Waals surface area contributed by atoms with Gasteiger partial charge in [-0.25, -0.2) is 14.8 Å². The molecule has 0 bridgehead atoms. The normalized spacial score (nSPS) is 13.7. The van der Waals surface area contributed by atoms with Crippen molar-refractivity contribution in [1.82, 2.24) is 35.6 Å². The standard InChI is InChI=1S/C27H31N9O7/c1-3-40-22-13-17(7-9-20(22)41-16-18-8-10-21(42-18)27(38)39-2)14-29-31-26(37)23-19(15-35-11-5-4-6-12-35)30-34-36(23)25-24(28)32-43-33-25/h7-10,13-14H,3-6,11-12,15-16H2,1-2H3,(H2,28,32)(H,31,37)/b29-14-. The summed E-state index contributed by atoms with van der Waals surface area (Å²) in [5.74, 6) is 0.313. The number of methoxy groups -OCH3 is 1. The number of hydrogen-bond donors (Lipinski definition) is 2. The third-order valence-corrected chi connectivity index (χ3v) is 6.54. The number of esters is 1. The number of nitrogens with two attached hydrogens (primary N) is 1. The van der Waals surface area contributed by atoms with Crippen LogP contribution in [0.3, 0.4) is 0 Å². The van der Waals surface area contributed by atoms with Crippen LogP contribution in [0.1, 0.15) is 64.2 Å². The first-order chi connectivity index (χ1) is 21.0. The molecule has 16 nitrogen and oxygen atoms in total. The van der Waals surface area contributed by atoms with Crippen molar-refractivity contribution >= 4 is 23.9 Å². The molecule has 43 heavy (non-hydrogen) atoms. The smallest absolute Gasteiger partial charge is 0.373 e. The highest BCUT2D eigenvalue weighted by atomic mass is 16.6. The number of benzene rings is 1. The van der Waals surface area contributed by atoms with Crippen LogP contribution < -0.4 is 20.6 Å². The number of nitrogens with zero attached hydrogens (tertiary/aromatic N) is 7. The Labute approximate surface area is 245 Å². The van der Waals surface area contributed by atoms with E-state index in [-0.39, 0.29) is 29.7 Å². The number of hydrazone groups is 1. The third kappa shape index (κ3) is 6.98. The van der Waals surface area contributed by atoms with Crippen LogP contribution in [0, 0.1) is 0 Å². The van der Waals surface area contributed by atoms with Crippen molar-refractivity contribution in [1.29, 1.82) is 0 Å². The number of likely N-dealkylation sites (tertiary alicyclic amines) is 1. The van der Waals surface area contributed by atoms with Crippen LogP contribution in [0.25, 0.3) is 5.82 Å². The predicted octanol–water partition coefficient (Wildman–Crippen LogP) is 2.34. The quantitative estimate of drug-likeness (QED) is 0.138. The van der Waals surface area contributed by atoms with Gasteiger partial charge in [0, 0.05) is 6.54 Å². The first-order valence-corrected chi connectivity index (χ1v) is 13.6. The number of carbonyl (C=O) groups is 2. The van der Waals surface area contributed by atoms with E-state index in [1.54, 1.807) is 24.3 Å². The molecule has 16 heteroatoms. The number of amides is 1. The number of rotatable bonds is 12. The number of nitrogens with one attached hydrogen (secondary N) is 1. The molecule has 1 aliphatic heterocycles. The Balaban J connectivity index is 1.29. The first-order valence-electron chi connectivity index (χ1n) is 13.6. The van der Waals surface area contributed by atoms with Gasteiger partial charge in [0.2, 0.25) is 17.4 Å². The van der Waals surface area contributed by atoms with Gasteiger partial charge in [-0.3, -0.25) is 9.69 Å². The van der Waals surface area contributed by atoms with E-state index in [1.807, 2.05) is 6.92 Å². The van der Waals surface area contributed by atoms with Gasteiger partial charge in [0.05, 0.1) is 19.9 Å².